The second-order valence-corrected chi connectivity index (χ2v) is 2.44. The fraction of sp³-hybridized carbons (Fsp3) is 0.500. The molecule has 0 unspecified atom stereocenters. The van der Waals surface area contributed by atoms with E-state index in [0.29, 0.717) is 0 Å². The summed E-state index contributed by atoms with van der Waals surface area (Å²) < 4.78 is 0. The predicted molar refractivity (Wildman–Crippen MR) is 35.6 cm³/mol. The average molecular weight is 162 g/mol. The monoisotopic (exact) mass is 161 g/mol. The third-order valence-electron chi connectivity index (χ3n) is 1.11. The highest BCUT2D eigenvalue weighted by molar-refractivity contribution is 6.54. The molecule has 10 heavy (non-hydrogen) atoms. The van der Waals surface area contributed by atoms with E-state index in [2.05, 4.69) is 0 Å². The third-order valence-corrected chi connectivity index (χ3v) is 1.72. The normalized spacial score (nSPS) is 10.7. The Balaban J connectivity index is 4.72. The summed E-state index contributed by atoms with van der Waals surface area (Å²) >= 11 is 5.27. The number of ketones is 2. The van der Waals surface area contributed by atoms with Gasteiger partial charge in [-0.1, -0.05) is 11.6 Å². The number of hydrogen-bond donors (Lipinski definition) is 0. The summed E-state index contributed by atoms with van der Waals surface area (Å²) in [6.07, 6.45) is 1.19. The average Bonchev–Trinajstić information content (AvgIpc) is 1.85. The van der Waals surface area contributed by atoms with Gasteiger partial charge in [-0.15, -0.1) is 0 Å². The molecule has 55 valence electrons. The van der Waals surface area contributed by atoms with Gasteiger partial charge in [0.25, 0.3) is 0 Å². The molecule has 0 saturated carbocycles. The molecule has 0 aromatic rings. The lowest BCUT2D eigenvalue weighted by molar-refractivity contribution is -0.126. The van der Waals surface area contributed by atoms with Gasteiger partial charge in [-0.3, -0.25) is 14.4 Å². The quantitative estimate of drug-likeness (QED) is 0.441. The van der Waals surface area contributed by atoms with Gasteiger partial charge in [0.1, 0.15) is 0 Å². The molecule has 3 nitrogen and oxygen atoms in total. The minimum absolute atomic E-state index is 0.698. The number of alkyl halides is 1. The summed E-state index contributed by atoms with van der Waals surface area (Å²) in [5.74, 6) is -1.40. The predicted octanol–water partition coefficient (Wildman–Crippen LogP) is 0.252. The second-order valence-electron chi connectivity index (χ2n) is 1.87. The topological polar surface area (TPSA) is 51.2 Å². The maximum atomic E-state index is 10.5. The molecule has 1 radical (unpaired) electrons. The van der Waals surface area contributed by atoms with Gasteiger partial charge < -0.3 is 0 Å². The first-order valence-corrected chi connectivity index (χ1v) is 2.93. The van der Waals surface area contributed by atoms with Crippen LogP contribution in [0.5, 0.6) is 0 Å². The van der Waals surface area contributed by atoms with Crippen LogP contribution in [0.3, 0.4) is 0 Å². The van der Waals surface area contributed by atoms with E-state index >= 15 is 0 Å². The van der Waals surface area contributed by atoms with E-state index in [1.54, 1.807) is 0 Å². The van der Waals surface area contributed by atoms with Crippen molar-refractivity contribution in [3.8, 4) is 0 Å². The van der Waals surface area contributed by atoms with Crippen LogP contribution in [0.4, 0.5) is 0 Å². The van der Waals surface area contributed by atoms with E-state index in [1.807, 2.05) is 0 Å². The summed E-state index contributed by atoms with van der Waals surface area (Å²) in [5, 5.41) is 0. The largest absolute Gasteiger partial charge is 0.297 e. The first-order valence-electron chi connectivity index (χ1n) is 2.55. The van der Waals surface area contributed by atoms with Crippen molar-refractivity contribution in [2.75, 3.05) is 0 Å². The molecule has 0 fully saturated rings. The van der Waals surface area contributed by atoms with Gasteiger partial charge in [-0.2, -0.15) is 0 Å². The summed E-state index contributed by atoms with van der Waals surface area (Å²) in [6.45, 7) is 2.14. The van der Waals surface area contributed by atoms with Crippen LogP contribution in [0.15, 0.2) is 0 Å². The minimum Gasteiger partial charge on any atom is -0.297 e. The molecular weight excluding hydrogens is 156 g/mol. The first kappa shape index (κ1) is 9.30. The molecule has 0 aromatic heterocycles. The molecule has 0 heterocycles. The van der Waals surface area contributed by atoms with Gasteiger partial charge in [0.2, 0.25) is 11.2 Å². The van der Waals surface area contributed by atoms with Gasteiger partial charge in [-0.25, -0.2) is 0 Å². The van der Waals surface area contributed by atoms with Crippen LogP contribution < -0.4 is 0 Å². The van der Waals surface area contributed by atoms with Crippen molar-refractivity contribution in [3.63, 3.8) is 0 Å². The molecule has 0 aromatic carbocycles. The maximum Gasteiger partial charge on any atom is 0.237 e. The van der Waals surface area contributed by atoms with Gasteiger partial charge in [-0.05, 0) is 13.8 Å². The number of hydrogen-bond acceptors (Lipinski definition) is 3. The Bertz CT molecular complexity index is 171. The molecule has 4 heteroatoms. The minimum atomic E-state index is -2.07. The van der Waals surface area contributed by atoms with E-state index in [9.17, 15) is 14.4 Å². The van der Waals surface area contributed by atoms with Crippen molar-refractivity contribution >= 4 is 29.5 Å². The summed E-state index contributed by atoms with van der Waals surface area (Å²) in [6, 6.07) is 0. The number of carbonyl (C=O) groups excluding carboxylic acids is 3. The van der Waals surface area contributed by atoms with E-state index in [0.717, 1.165) is 13.8 Å². The van der Waals surface area contributed by atoms with E-state index in [1.165, 1.54) is 6.29 Å². The highest BCUT2D eigenvalue weighted by atomic mass is 35.5. The zero-order valence-electron chi connectivity index (χ0n) is 5.60. The smallest absolute Gasteiger partial charge is 0.237 e. The summed E-state index contributed by atoms with van der Waals surface area (Å²) in [7, 11) is 0. The zero-order chi connectivity index (χ0) is 8.36. The Morgan fingerprint density at radius 1 is 1.30 bits per heavy atom. The zero-order valence-corrected chi connectivity index (χ0v) is 6.36. The summed E-state index contributed by atoms with van der Waals surface area (Å²) in [4.78, 5) is 29.0. The molecule has 0 aliphatic carbocycles. The molecule has 0 saturated heterocycles. The number of rotatable bonds is 3. The second kappa shape index (κ2) is 2.92. The van der Waals surface area contributed by atoms with E-state index in [4.69, 9.17) is 11.6 Å². The van der Waals surface area contributed by atoms with Crippen LogP contribution in [-0.4, -0.2) is 22.7 Å². The lowest BCUT2D eigenvalue weighted by atomic mass is 10.0. The van der Waals surface area contributed by atoms with Crippen molar-refractivity contribution in [1.29, 1.82) is 0 Å². The Morgan fingerprint density at radius 2 is 1.60 bits per heavy atom. The third kappa shape index (κ3) is 1.42. The lowest BCUT2D eigenvalue weighted by Gasteiger charge is -2.09. The molecule has 0 amide bonds. The molecule has 0 N–H and O–H groups in total. The standard InChI is InChI=1S/C6H6ClO3/c1-4(9)6(7,3-8)5(2)10/h1-2H3. The number of halogens is 1. The molecule has 0 atom stereocenters. The number of carbonyl (C=O) groups is 2. The van der Waals surface area contributed by atoms with Crippen LogP contribution >= 0.6 is 11.6 Å². The maximum absolute atomic E-state index is 10.5. The molecule has 0 aliphatic heterocycles. The van der Waals surface area contributed by atoms with Crippen LogP contribution in [0.2, 0.25) is 0 Å². The van der Waals surface area contributed by atoms with Gasteiger partial charge in [0.05, 0.1) is 0 Å². The van der Waals surface area contributed by atoms with Crippen molar-refractivity contribution < 1.29 is 14.4 Å². The summed E-state index contributed by atoms with van der Waals surface area (Å²) in [5.41, 5.74) is 0. The Labute approximate surface area is 63.4 Å². The SMILES string of the molecule is CC(=O)C(Cl)([C]=O)C(C)=O. The first-order chi connectivity index (χ1) is 4.45. The molecule has 0 aliphatic rings. The van der Waals surface area contributed by atoms with Gasteiger partial charge in [0.15, 0.2) is 11.6 Å². The fourth-order valence-corrected chi connectivity index (χ4v) is 0.392. The Hall–Kier alpha value is -0.700. The fourth-order valence-electron chi connectivity index (χ4n) is 0.392. The highest BCUT2D eigenvalue weighted by Crippen LogP contribution is 2.14. The Morgan fingerprint density at radius 3 is 1.60 bits per heavy atom. The van der Waals surface area contributed by atoms with Crippen molar-refractivity contribution in [2.24, 2.45) is 0 Å². The van der Waals surface area contributed by atoms with E-state index in [-0.39, 0.29) is 0 Å². The van der Waals surface area contributed by atoms with Crippen molar-refractivity contribution in [3.05, 3.63) is 0 Å². The van der Waals surface area contributed by atoms with Crippen molar-refractivity contribution in [1.82, 2.24) is 0 Å². The molecular formula is C6H6ClO3. The Kier molecular flexibility index (Phi) is 2.72. The van der Waals surface area contributed by atoms with Crippen LogP contribution in [-0.2, 0) is 14.4 Å². The van der Waals surface area contributed by atoms with Gasteiger partial charge in [0, 0.05) is 0 Å². The lowest BCUT2D eigenvalue weighted by Crippen LogP contribution is -2.39. The van der Waals surface area contributed by atoms with Crippen LogP contribution in [0.25, 0.3) is 0 Å². The molecule has 0 spiro atoms. The molecule has 0 bridgehead atoms. The van der Waals surface area contributed by atoms with E-state index < -0.39 is 16.4 Å². The van der Waals surface area contributed by atoms with Gasteiger partial charge >= 0.3 is 0 Å². The highest BCUT2D eigenvalue weighted by Gasteiger charge is 2.39. The van der Waals surface area contributed by atoms with Crippen LogP contribution in [0.1, 0.15) is 13.8 Å². The number of Topliss-reactive ketones (excluding diaryl/α,β-unsaturated/α-hetero) is 2. The molecule has 0 rings (SSSR count). The van der Waals surface area contributed by atoms with Crippen molar-refractivity contribution in [2.45, 2.75) is 18.7 Å². The van der Waals surface area contributed by atoms with Crippen LogP contribution in [0, 0.1) is 0 Å².